The topological polar surface area (TPSA) is 34.9 Å². The highest BCUT2D eigenvalue weighted by molar-refractivity contribution is 5.84. The zero-order valence-corrected chi connectivity index (χ0v) is 19.0. The zero-order chi connectivity index (χ0) is 23.6. The molecule has 3 heteroatoms. The normalized spacial score (nSPS) is 11.0. The first-order chi connectivity index (χ1) is 17.3. The number of rotatable bonds is 4. The van der Waals surface area contributed by atoms with Crippen LogP contribution in [0.25, 0.3) is 50.2 Å². The van der Waals surface area contributed by atoms with E-state index in [1.165, 1.54) is 0 Å². The highest BCUT2D eigenvalue weighted by Crippen LogP contribution is 2.33. The predicted octanol–water partition coefficient (Wildman–Crippen LogP) is 7.39. The standard InChI is InChI=1S/C32H22N2O/c35-32-29-18-10-11-19-30(29)33-31(34(32)28-16-8-3-9-17-28)27-21-25(23-12-4-1-5-13-23)20-26(22-27)24-14-6-2-7-15-24/h1-22H. The smallest absolute Gasteiger partial charge is 0.266 e. The van der Waals surface area contributed by atoms with E-state index in [0.717, 1.165) is 33.5 Å². The lowest BCUT2D eigenvalue weighted by molar-refractivity contribution is 0.976. The molecule has 0 N–H and O–H groups in total. The van der Waals surface area contributed by atoms with Crippen LogP contribution in [-0.2, 0) is 0 Å². The third kappa shape index (κ3) is 3.94. The van der Waals surface area contributed by atoms with E-state index in [1.807, 2.05) is 91.0 Å². The van der Waals surface area contributed by atoms with Crippen LogP contribution in [0.3, 0.4) is 0 Å². The van der Waals surface area contributed by atoms with Crippen molar-refractivity contribution in [3.05, 3.63) is 144 Å². The van der Waals surface area contributed by atoms with Crippen molar-refractivity contribution in [3.63, 3.8) is 0 Å². The first kappa shape index (κ1) is 20.8. The van der Waals surface area contributed by atoms with Gasteiger partial charge in [0.25, 0.3) is 5.56 Å². The summed E-state index contributed by atoms with van der Waals surface area (Å²) in [7, 11) is 0. The molecule has 35 heavy (non-hydrogen) atoms. The maximum atomic E-state index is 13.8. The molecule has 0 bridgehead atoms. The van der Waals surface area contributed by atoms with Gasteiger partial charge in [-0.3, -0.25) is 9.36 Å². The van der Waals surface area contributed by atoms with Crippen LogP contribution in [0, 0.1) is 0 Å². The Morgan fingerprint density at radius 3 is 1.57 bits per heavy atom. The van der Waals surface area contributed by atoms with E-state index in [1.54, 1.807) is 4.57 Å². The van der Waals surface area contributed by atoms with Crippen molar-refractivity contribution in [2.45, 2.75) is 0 Å². The van der Waals surface area contributed by atoms with Crippen molar-refractivity contribution in [1.82, 2.24) is 9.55 Å². The summed E-state index contributed by atoms with van der Waals surface area (Å²) < 4.78 is 1.72. The lowest BCUT2D eigenvalue weighted by Gasteiger charge is -2.16. The molecule has 6 aromatic rings. The molecule has 0 atom stereocenters. The number of para-hydroxylation sites is 2. The Labute approximate surface area is 203 Å². The average Bonchev–Trinajstić information content (AvgIpc) is 2.94. The molecule has 1 aromatic heterocycles. The summed E-state index contributed by atoms with van der Waals surface area (Å²) in [4.78, 5) is 18.8. The van der Waals surface area contributed by atoms with E-state index in [9.17, 15) is 4.79 Å². The highest BCUT2D eigenvalue weighted by Gasteiger charge is 2.16. The Morgan fingerprint density at radius 2 is 0.971 bits per heavy atom. The fourth-order valence-electron chi connectivity index (χ4n) is 4.49. The molecule has 166 valence electrons. The maximum Gasteiger partial charge on any atom is 0.266 e. The van der Waals surface area contributed by atoms with Crippen LogP contribution in [0.5, 0.6) is 0 Å². The molecular weight excluding hydrogens is 428 g/mol. The molecule has 0 radical (unpaired) electrons. The summed E-state index contributed by atoms with van der Waals surface area (Å²) >= 11 is 0. The van der Waals surface area contributed by atoms with Crippen LogP contribution in [0.4, 0.5) is 0 Å². The molecule has 0 saturated heterocycles. The van der Waals surface area contributed by atoms with Gasteiger partial charge in [-0.2, -0.15) is 0 Å². The van der Waals surface area contributed by atoms with Gasteiger partial charge in [-0.1, -0.05) is 91.0 Å². The lowest BCUT2D eigenvalue weighted by atomic mass is 9.95. The fourth-order valence-corrected chi connectivity index (χ4v) is 4.49. The monoisotopic (exact) mass is 450 g/mol. The summed E-state index contributed by atoms with van der Waals surface area (Å²) in [5.74, 6) is 0.620. The van der Waals surface area contributed by atoms with Crippen LogP contribution >= 0.6 is 0 Å². The number of nitrogens with zero attached hydrogens (tertiary/aromatic N) is 2. The van der Waals surface area contributed by atoms with Gasteiger partial charge in [0.15, 0.2) is 0 Å². The van der Waals surface area contributed by atoms with E-state index in [2.05, 4.69) is 42.5 Å². The van der Waals surface area contributed by atoms with Gasteiger partial charge in [0.1, 0.15) is 5.82 Å². The van der Waals surface area contributed by atoms with Crippen LogP contribution in [0.2, 0.25) is 0 Å². The van der Waals surface area contributed by atoms with Crippen molar-refractivity contribution in [1.29, 1.82) is 0 Å². The second-order valence-electron chi connectivity index (χ2n) is 8.46. The molecule has 0 fully saturated rings. The summed E-state index contributed by atoms with van der Waals surface area (Å²) in [6.07, 6.45) is 0. The average molecular weight is 451 g/mol. The van der Waals surface area contributed by atoms with Crippen LogP contribution in [-0.4, -0.2) is 9.55 Å². The molecule has 1 heterocycles. The largest absolute Gasteiger partial charge is 0.268 e. The first-order valence-electron chi connectivity index (χ1n) is 11.6. The minimum absolute atomic E-state index is 0.0804. The zero-order valence-electron chi connectivity index (χ0n) is 19.0. The molecule has 6 rings (SSSR count). The van der Waals surface area contributed by atoms with Gasteiger partial charge in [-0.15, -0.1) is 0 Å². The Morgan fingerprint density at radius 1 is 0.486 bits per heavy atom. The van der Waals surface area contributed by atoms with Crippen LogP contribution in [0.15, 0.2) is 138 Å². The van der Waals surface area contributed by atoms with Gasteiger partial charge >= 0.3 is 0 Å². The number of benzene rings is 5. The maximum absolute atomic E-state index is 13.8. The van der Waals surface area contributed by atoms with Gasteiger partial charge in [0.2, 0.25) is 0 Å². The van der Waals surface area contributed by atoms with E-state index in [-0.39, 0.29) is 5.56 Å². The summed E-state index contributed by atoms with van der Waals surface area (Å²) in [6, 6.07) is 44.3. The van der Waals surface area contributed by atoms with Crippen LogP contribution in [0.1, 0.15) is 0 Å². The minimum atomic E-state index is -0.0804. The van der Waals surface area contributed by atoms with Gasteiger partial charge in [0, 0.05) is 5.56 Å². The molecule has 0 amide bonds. The van der Waals surface area contributed by atoms with Gasteiger partial charge in [0.05, 0.1) is 16.6 Å². The quantitative estimate of drug-likeness (QED) is 0.281. The molecule has 5 aromatic carbocycles. The molecule has 3 nitrogen and oxygen atoms in total. The number of aromatic nitrogens is 2. The number of hydrogen-bond donors (Lipinski definition) is 0. The fraction of sp³-hybridized carbons (Fsp3) is 0. The predicted molar refractivity (Wildman–Crippen MR) is 144 cm³/mol. The molecule has 0 aliphatic heterocycles. The first-order valence-corrected chi connectivity index (χ1v) is 11.6. The number of fused-ring (bicyclic) bond motifs is 1. The second kappa shape index (κ2) is 8.88. The van der Waals surface area contributed by atoms with Crippen molar-refractivity contribution in [2.24, 2.45) is 0 Å². The minimum Gasteiger partial charge on any atom is -0.268 e. The molecule has 0 spiro atoms. The Bertz CT molecular complexity index is 1630. The van der Waals surface area contributed by atoms with Crippen molar-refractivity contribution >= 4 is 10.9 Å². The van der Waals surface area contributed by atoms with Crippen molar-refractivity contribution < 1.29 is 0 Å². The van der Waals surface area contributed by atoms with E-state index < -0.39 is 0 Å². The van der Waals surface area contributed by atoms with E-state index in [4.69, 9.17) is 4.98 Å². The SMILES string of the molecule is O=c1c2ccccc2nc(-c2cc(-c3ccccc3)cc(-c3ccccc3)c2)n1-c1ccccc1. The molecule has 0 aliphatic rings. The van der Waals surface area contributed by atoms with Gasteiger partial charge in [-0.25, -0.2) is 4.98 Å². The summed E-state index contributed by atoms with van der Waals surface area (Å²) in [6.45, 7) is 0. The van der Waals surface area contributed by atoms with E-state index >= 15 is 0 Å². The lowest BCUT2D eigenvalue weighted by Crippen LogP contribution is -2.21. The highest BCUT2D eigenvalue weighted by atomic mass is 16.1. The third-order valence-corrected chi connectivity index (χ3v) is 6.20. The molecule has 0 saturated carbocycles. The van der Waals surface area contributed by atoms with Gasteiger partial charge < -0.3 is 0 Å². The third-order valence-electron chi connectivity index (χ3n) is 6.20. The van der Waals surface area contributed by atoms with Crippen LogP contribution < -0.4 is 5.56 Å². The Kier molecular flexibility index (Phi) is 5.28. The van der Waals surface area contributed by atoms with Crippen molar-refractivity contribution in [2.75, 3.05) is 0 Å². The summed E-state index contributed by atoms with van der Waals surface area (Å²) in [5.41, 5.74) is 6.65. The van der Waals surface area contributed by atoms with Gasteiger partial charge in [-0.05, 0) is 64.7 Å². The molecular formula is C32H22N2O. The Hall–Kier alpha value is -4.76. The second-order valence-corrected chi connectivity index (χ2v) is 8.46. The number of hydrogen-bond acceptors (Lipinski definition) is 2. The summed E-state index contributed by atoms with van der Waals surface area (Å²) in [5, 5.41) is 0.600. The molecule has 0 unspecified atom stereocenters. The molecule has 0 aliphatic carbocycles. The van der Waals surface area contributed by atoms with Crippen molar-refractivity contribution in [3.8, 4) is 39.3 Å². The van der Waals surface area contributed by atoms with E-state index in [0.29, 0.717) is 16.7 Å². The Balaban J connectivity index is 1.69.